The molecule has 0 bridgehead atoms. The van der Waals surface area contributed by atoms with Crippen LogP contribution in [0.25, 0.3) is 0 Å². The maximum Gasteiger partial charge on any atom is 0.236 e. The molecule has 0 saturated carbocycles. The minimum atomic E-state index is -0.225. The Kier molecular flexibility index (Phi) is 8.86. The maximum atomic E-state index is 12.9. The van der Waals surface area contributed by atoms with Gasteiger partial charge in [0.15, 0.2) is 0 Å². The Hall–Kier alpha value is -2.45. The van der Waals surface area contributed by atoms with E-state index in [1.165, 1.54) is 0 Å². The third kappa shape index (κ3) is 8.44. The van der Waals surface area contributed by atoms with E-state index in [9.17, 15) is 14.4 Å². The van der Waals surface area contributed by atoms with Gasteiger partial charge in [0.25, 0.3) is 0 Å². The van der Waals surface area contributed by atoms with Crippen LogP contribution < -0.4 is 10.6 Å². The number of hydrogen-bond donors (Lipinski definition) is 2. The molecule has 8 heteroatoms. The molecular weight excluding hydrogens is 418 g/mol. The van der Waals surface area contributed by atoms with Gasteiger partial charge in [-0.15, -0.1) is 0 Å². The second-order valence-corrected chi connectivity index (χ2v) is 10.2. The van der Waals surface area contributed by atoms with Crippen molar-refractivity contribution in [1.82, 2.24) is 20.0 Å². The predicted molar refractivity (Wildman–Crippen MR) is 130 cm³/mol. The van der Waals surface area contributed by atoms with E-state index in [1.807, 2.05) is 56.0 Å². The van der Waals surface area contributed by atoms with Crippen LogP contribution in [0.15, 0.2) is 30.3 Å². The predicted octanol–water partition coefficient (Wildman–Crippen LogP) is 1.79. The summed E-state index contributed by atoms with van der Waals surface area (Å²) in [7, 11) is 0. The molecule has 2 aliphatic rings. The summed E-state index contributed by atoms with van der Waals surface area (Å²) in [6.07, 6.45) is 2.33. The smallest absolute Gasteiger partial charge is 0.236 e. The van der Waals surface area contributed by atoms with Crippen molar-refractivity contribution in [3.8, 4) is 0 Å². The van der Waals surface area contributed by atoms with Crippen molar-refractivity contribution in [1.29, 1.82) is 0 Å². The zero-order valence-corrected chi connectivity index (χ0v) is 20.3. The number of nitrogens with zero attached hydrogens (tertiary/aromatic N) is 3. The number of benzene rings is 1. The van der Waals surface area contributed by atoms with E-state index in [4.69, 9.17) is 0 Å². The van der Waals surface area contributed by atoms with Gasteiger partial charge in [0, 0.05) is 43.3 Å². The summed E-state index contributed by atoms with van der Waals surface area (Å²) in [6.45, 7) is 11.3. The Morgan fingerprint density at radius 1 is 0.879 bits per heavy atom. The molecule has 0 unspecified atom stereocenters. The fourth-order valence-electron chi connectivity index (χ4n) is 4.45. The van der Waals surface area contributed by atoms with E-state index in [1.54, 1.807) is 0 Å². The molecule has 2 saturated heterocycles. The number of rotatable bonds is 6. The number of hydrogen-bond acceptors (Lipinski definition) is 5. The van der Waals surface area contributed by atoms with E-state index in [-0.39, 0.29) is 29.2 Å². The minimum Gasteiger partial charge on any atom is -0.350 e. The molecule has 2 fully saturated rings. The quantitative estimate of drug-likeness (QED) is 0.680. The van der Waals surface area contributed by atoms with Crippen molar-refractivity contribution in [3.63, 3.8) is 0 Å². The van der Waals surface area contributed by atoms with Crippen molar-refractivity contribution in [2.24, 2.45) is 5.92 Å². The Balaban J connectivity index is 1.38. The topological polar surface area (TPSA) is 85.0 Å². The van der Waals surface area contributed by atoms with E-state index in [2.05, 4.69) is 20.4 Å². The van der Waals surface area contributed by atoms with Crippen LogP contribution in [0.5, 0.6) is 0 Å². The monoisotopic (exact) mass is 457 g/mol. The van der Waals surface area contributed by atoms with Crippen molar-refractivity contribution in [3.05, 3.63) is 30.3 Å². The van der Waals surface area contributed by atoms with Crippen molar-refractivity contribution in [2.45, 2.75) is 45.6 Å². The highest BCUT2D eigenvalue weighted by Gasteiger charge is 2.28. The van der Waals surface area contributed by atoms with Crippen LogP contribution in [-0.2, 0) is 14.4 Å². The van der Waals surface area contributed by atoms with E-state index >= 15 is 0 Å². The number of piperidine rings is 1. The summed E-state index contributed by atoms with van der Waals surface area (Å²) in [5.74, 6) is 0.165. The zero-order chi connectivity index (χ0) is 23.8. The molecule has 1 aromatic carbocycles. The van der Waals surface area contributed by atoms with Gasteiger partial charge < -0.3 is 15.5 Å². The first kappa shape index (κ1) is 25.2. The van der Waals surface area contributed by atoms with Gasteiger partial charge in [-0.05, 0) is 65.3 Å². The van der Waals surface area contributed by atoms with Crippen LogP contribution in [0.1, 0.15) is 40.0 Å². The van der Waals surface area contributed by atoms with Gasteiger partial charge >= 0.3 is 0 Å². The highest BCUT2D eigenvalue weighted by Crippen LogP contribution is 2.20. The van der Waals surface area contributed by atoms with Crippen LogP contribution in [0.2, 0.25) is 0 Å². The highest BCUT2D eigenvalue weighted by molar-refractivity contribution is 5.92. The standard InChI is InChI=1S/C25H39N5O3/c1-25(2,3)27-22(31)18-28-12-7-13-29(17-16-28)19-23(32)30-14-10-20(11-15-30)24(33)26-21-8-5-4-6-9-21/h4-6,8-9,20H,7,10-19H2,1-3H3,(H,26,33)(H,27,31). The summed E-state index contributed by atoms with van der Waals surface area (Å²) < 4.78 is 0. The Morgan fingerprint density at radius 3 is 2.09 bits per heavy atom. The van der Waals surface area contributed by atoms with Crippen molar-refractivity contribution < 1.29 is 14.4 Å². The van der Waals surface area contributed by atoms with E-state index in [0.29, 0.717) is 39.0 Å². The lowest BCUT2D eigenvalue weighted by Gasteiger charge is -2.33. The molecule has 0 atom stereocenters. The Morgan fingerprint density at radius 2 is 1.48 bits per heavy atom. The summed E-state index contributed by atoms with van der Waals surface area (Å²) in [5.41, 5.74) is 0.587. The van der Waals surface area contributed by atoms with Gasteiger partial charge in [0.05, 0.1) is 13.1 Å². The molecule has 3 amide bonds. The minimum absolute atomic E-state index is 0.0383. The molecule has 33 heavy (non-hydrogen) atoms. The number of likely N-dealkylation sites (tertiary alicyclic amines) is 1. The van der Waals surface area contributed by atoms with Gasteiger partial charge in [-0.2, -0.15) is 0 Å². The summed E-state index contributed by atoms with van der Waals surface area (Å²) in [4.78, 5) is 43.9. The fourth-order valence-corrected chi connectivity index (χ4v) is 4.45. The van der Waals surface area contributed by atoms with Gasteiger partial charge in [-0.3, -0.25) is 24.2 Å². The average Bonchev–Trinajstić information content (AvgIpc) is 2.98. The molecule has 2 aliphatic heterocycles. The summed E-state index contributed by atoms with van der Waals surface area (Å²) >= 11 is 0. The number of carbonyl (C=O) groups excluding carboxylic acids is 3. The lowest BCUT2D eigenvalue weighted by molar-refractivity contribution is -0.135. The maximum absolute atomic E-state index is 12.9. The largest absolute Gasteiger partial charge is 0.350 e. The number of anilines is 1. The molecule has 2 heterocycles. The number of amides is 3. The fraction of sp³-hybridized carbons (Fsp3) is 0.640. The SMILES string of the molecule is CC(C)(C)NC(=O)CN1CCCN(CC(=O)N2CCC(C(=O)Nc3ccccc3)CC2)CC1. The third-order valence-electron chi connectivity index (χ3n) is 6.18. The molecule has 182 valence electrons. The lowest BCUT2D eigenvalue weighted by atomic mass is 9.95. The second-order valence-electron chi connectivity index (χ2n) is 10.2. The van der Waals surface area contributed by atoms with Gasteiger partial charge in [0.1, 0.15) is 0 Å². The van der Waals surface area contributed by atoms with E-state index < -0.39 is 0 Å². The van der Waals surface area contributed by atoms with Gasteiger partial charge in [-0.25, -0.2) is 0 Å². The molecular formula is C25H39N5O3. The molecule has 1 aromatic rings. The molecule has 0 spiro atoms. The first-order valence-electron chi connectivity index (χ1n) is 12.1. The molecule has 3 rings (SSSR count). The summed E-state index contributed by atoms with van der Waals surface area (Å²) in [6, 6.07) is 9.50. The number of para-hydroxylation sites is 1. The summed E-state index contributed by atoms with van der Waals surface area (Å²) in [5, 5.41) is 5.99. The first-order valence-corrected chi connectivity index (χ1v) is 12.1. The zero-order valence-electron chi connectivity index (χ0n) is 20.3. The first-order chi connectivity index (χ1) is 15.7. The number of nitrogens with one attached hydrogen (secondary N) is 2. The van der Waals surface area contributed by atoms with Crippen molar-refractivity contribution in [2.75, 3.05) is 57.7 Å². The molecule has 0 aromatic heterocycles. The molecule has 2 N–H and O–H groups in total. The normalized spacial score (nSPS) is 19.1. The van der Waals surface area contributed by atoms with Crippen LogP contribution in [0, 0.1) is 5.92 Å². The van der Waals surface area contributed by atoms with Crippen molar-refractivity contribution >= 4 is 23.4 Å². The Labute approximate surface area is 197 Å². The Bertz CT molecular complexity index is 800. The van der Waals surface area contributed by atoms with Gasteiger partial charge in [0.2, 0.25) is 17.7 Å². The third-order valence-corrected chi connectivity index (χ3v) is 6.18. The van der Waals surface area contributed by atoms with Crippen LogP contribution in [-0.4, -0.2) is 90.3 Å². The van der Waals surface area contributed by atoms with Gasteiger partial charge in [-0.1, -0.05) is 18.2 Å². The van der Waals surface area contributed by atoms with Crippen LogP contribution in [0.4, 0.5) is 5.69 Å². The average molecular weight is 458 g/mol. The van der Waals surface area contributed by atoms with Crippen LogP contribution in [0.3, 0.4) is 0 Å². The lowest BCUT2D eigenvalue weighted by Crippen LogP contribution is -2.47. The second kappa shape index (κ2) is 11.6. The molecule has 0 radical (unpaired) electrons. The highest BCUT2D eigenvalue weighted by atomic mass is 16.2. The number of carbonyl (C=O) groups is 3. The van der Waals surface area contributed by atoms with E-state index in [0.717, 1.165) is 38.3 Å². The van der Waals surface area contributed by atoms with Crippen LogP contribution >= 0.6 is 0 Å². The molecule has 0 aliphatic carbocycles. The molecule has 8 nitrogen and oxygen atoms in total.